The number of carbonyl (C=O) groups excluding carboxylic acids is 1. The Labute approximate surface area is 118 Å². The van der Waals surface area contributed by atoms with Crippen LogP contribution >= 0.6 is 0 Å². The number of nitrogens with zero attached hydrogens (tertiary/aromatic N) is 1. The first-order valence-corrected chi connectivity index (χ1v) is 6.20. The van der Waals surface area contributed by atoms with Gasteiger partial charge in [-0.05, 0) is 6.07 Å². The molecule has 21 heavy (non-hydrogen) atoms. The largest absolute Gasteiger partial charge is 0.437 e. The molecule has 6 nitrogen and oxygen atoms in total. The van der Waals surface area contributed by atoms with E-state index in [0.29, 0.717) is 0 Å². The number of nitrogens with one attached hydrogen (secondary N) is 1. The second-order valence-corrected chi connectivity index (χ2v) is 4.95. The standard InChI is InChI=1S/C12H15F3N4O2/c13-12(14,15)7-3-11(6-19-4-7,21-10(17)20)8-1-2-18-5-9(8)16/h1-2,5,7,19H,3-4,6,16H2,(H2,17,20)/t7-,11-/m1/s1. The highest BCUT2D eigenvalue weighted by atomic mass is 19.4. The molecule has 1 amide bonds. The van der Waals surface area contributed by atoms with Crippen LogP contribution in [0.15, 0.2) is 18.5 Å². The number of hydrogen-bond donors (Lipinski definition) is 3. The first kappa shape index (κ1) is 15.4. The third-order valence-corrected chi connectivity index (χ3v) is 3.48. The number of pyridine rings is 1. The Hall–Kier alpha value is -2.03. The van der Waals surface area contributed by atoms with Gasteiger partial charge in [-0.15, -0.1) is 0 Å². The van der Waals surface area contributed by atoms with Gasteiger partial charge in [0.1, 0.15) is 0 Å². The minimum Gasteiger partial charge on any atom is -0.437 e. The van der Waals surface area contributed by atoms with E-state index in [1.807, 2.05) is 0 Å². The highest BCUT2D eigenvalue weighted by molar-refractivity contribution is 5.66. The number of halogens is 3. The topological polar surface area (TPSA) is 103 Å². The summed E-state index contributed by atoms with van der Waals surface area (Å²) in [6.07, 6.45) is -3.36. The molecule has 0 aliphatic carbocycles. The van der Waals surface area contributed by atoms with Crippen LogP contribution in [0, 0.1) is 5.92 Å². The average molecular weight is 304 g/mol. The van der Waals surface area contributed by atoms with Crippen LogP contribution in [0.5, 0.6) is 0 Å². The lowest BCUT2D eigenvalue weighted by Crippen LogP contribution is -2.54. The number of aromatic nitrogens is 1. The highest BCUT2D eigenvalue weighted by Crippen LogP contribution is 2.42. The van der Waals surface area contributed by atoms with Gasteiger partial charge in [-0.1, -0.05) is 0 Å². The predicted molar refractivity (Wildman–Crippen MR) is 68.0 cm³/mol. The summed E-state index contributed by atoms with van der Waals surface area (Å²) in [4.78, 5) is 14.9. The fraction of sp³-hybridized carbons (Fsp3) is 0.500. The van der Waals surface area contributed by atoms with E-state index < -0.39 is 30.2 Å². The van der Waals surface area contributed by atoms with Crippen LogP contribution in [0.4, 0.5) is 23.7 Å². The maximum Gasteiger partial charge on any atom is 0.405 e. The zero-order valence-corrected chi connectivity index (χ0v) is 11.0. The number of piperidine rings is 1. The molecule has 2 heterocycles. The van der Waals surface area contributed by atoms with E-state index >= 15 is 0 Å². The van der Waals surface area contributed by atoms with Crippen molar-refractivity contribution in [3.05, 3.63) is 24.0 Å². The first-order chi connectivity index (χ1) is 9.74. The molecule has 2 atom stereocenters. The van der Waals surface area contributed by atoms with Crippen molar-refractivity contribution in [1.29, 1.82) is 0 Å². The molecule has 2 rings (SSSR count). The zero-order valence-electron chi connectivity index (χ0n) is 11.0. The molecule has 0 unspecified atom stereocenters. The number of anilines is 1. The summed E-state index contributed by atoms with van der Waals surface area (Å²) in [5, 5.41) is 2.63. The van der Waals surface area contributed by atoms with E-state index in [1.54, 1.807) is 0 Å². The van der Waals surface area contributed by atoms with Crippen molar-refractivity contribution in [3.8, 4) is 0 Å². The van der Waals surface area contributed by atoms with Gasteiger partial charge in [-0.2, -0.15) is 13.2 Å². The Balaban J connectivity index is 2.43. The lowest BCUT2D eigenvalue weighted by molar-refractivity contribution is -0.196. The second kappa shape index (κ2) is 5.40. The van der Waals surface area contributed by atoms with Crippen LogP contribution in [0.2, 0.25) is 0 Å². The summed E-state index contributed by atoms with van der Waals surface area (Å²) in [6.45, 7) is -0.255. The van der Waals surface area contributed by atoms with Crippen molar-refractivity contribution in [2.24, 2.45) is 11.7 Å². The normalized spacial score (nSPS) is 26.3. The van der Waals surface area contributed by atoms with Crippen molar-refractivity contribution in [2.45, 2.75) is 18.2 Å². The Morgan fingerprint density at radius 2 is 2.24 bits per heavy atom. The van der Waals surface area contributed by atoms with E-state index in [4.69, 9.17) is 16.2 Å². The van der Waals surface area contributed by atoms with E-state index in [2.05, 4.69) is 10.3 Å². The second-order valence-electron chi connectivity index (χ2n) is 4.95. The predicted octanol–water partition coefficient (Wildman–Crippen LogP) is 1.13. The van der Waals surface area contributed by atoms with Crippen LogP contribution < -0.4 is 16.8 Å². The monoisotopic (exact) mass is 304 g/mol. The molecule has 1 aromatic heterocycles. The van der Waals surface area contributed by atoms with Gasteiger partial charge in [0.25, 0.3) is 0 Å². The Kier molecular flexibility index (Phi) is 3.95. The fourth-order valence-electron chi connectivity index (χ4n) is 2.57. The lowest BCUT2D eigenvalue weighted by Gasteiger charge is -2.41. The molecule has 1 saturated heterocycles. The quantitative estimate of drug-likeness (QED) is 0.760. The molecule has 9 heteroatoms. The van der Waals surface area contributed by atoms with E-state index in [0.717, 1.165) is 0 Å². The van der Waals surface area contributed by atoms with Crippen molar-refractivity contribution in [1.82, 2.24) is 10.3 Å². The molecule has 0 radical (unpaired) electrons. The van der Waals surface area contributed by atoms with Gasteiger partial charge in [0.05, 0.1) is 17.8 Å². The molecule has 1 aliphatic heterocycles. The zero-order chi connectivity index (χ0) is 15.7. The third kappa shape index (κ3) is 3.18. The Morgan fingerprint density at radius 3 is 2.81 bits per heavy atom. The number of primary amides is 1. The fourth-order valence-corrected chi connectivity index (χ4v) is 2.57. The van der Waals surface area contributed by atoms with Crippen molar-refractivity contribution in [2.75, 3.05) is 18.8 Å². The Morgan fingerprint density at radius 1 is 1.52 bits per heavy atom. The van der Waals surface area contributed by atoms with Crippen LogP contribution in [0.3, 0.4) is 0 Å². The van der Waals surface area contributed by atoms with E-state index in [1.165, 1.54) is 18.5 Å². The minimum atomic E-state index is -4.42. The minimum absolute atomic E-state index is 0.00324. The van der Waals surface area contributed by atoms with Gasteiger partial charge in [-0.25, -0.2) is 4.79 Å². The van der Waals surface area contributed by atoms with Gasteiger partial charge < -0.3 is 21.5 Å². The molecule has 0 spiro atoms. The molecule has 1 aromatic rings. The maximum absolute atomic E-state index is 13.0. The van der Waals surface area contributed by atoms with E-state index in [-0.39, 0.29) is 24.3 Å². The van der Waals surface area contributed by atoms with Crippen LogP contribution in [0.1, 0.15) is 12.0 Å². The number of rotatable bonds is 2. The molecule has 5 N–H and O–H groups in total. The van der Waals surface area contributed by atoms with Gasteiger partial charge in [0, 0.05) is 31.3 Å². The summed E-state index contributed by atoms with van der Waals surface area (Å²) < 4.78 is 44.0. The molecule has 1 fully saturated rings. The smallest absolute Gasteiger partial charge is 0.405 e. The highest BCUT2D eigenvalue weighted by Gasteiger charge is 2.51. The number of hydrogen-bond acceptors (Lipinski definition) is 5. The van der Waals surface area contributed by atoms with Crippen molar-refractivity contribution < 1.29 is 22.7 Å². The molecular formula is C12H15F3N4O2. The SMILES string of the molecule is NC(=O)O[C@@]1(c2ccncc2N)CNC[C@H](C(F)(F)F)C1. The summed E-state index contributed by atoms with van der Waals surface area (Å²) in [5.41, 5.74) is 9.63. The molecule has 0 aromatic carbocycles. The summed E-state index contributed by atoms with van der Waals surface area (Å²) in [6, 6.07) is 1.43. The van der Waals surface area contributed by atoms with E-state index in [9.17, 15) is 18.0 Å². The van der Waals surface area contributed by atoms with Crippen molar-refractivity contribution in [3.63, 3.8) is 0 Å². The number of amides is 1. The van der Waals surface area contributed by atoms with Gasteiger partial charge in [0.2, 0.25) is 0 Å². The molecule has 116 valence electrons. The van der Waals surface area contributed by atoms with Gasteiger partial charge >= 0.3 is 12.3 Å². The Bertz CT molecular complexity index is 537. The number of nitrogens with two attached hydrogens (primary N) is 2. The number of nitrogen functional groups attached to an aromatic ring is 1. The molecule has 0 bridgehead atoms. The number of ether oxygens (including phenoxy) is 1. The third-order valence-electron chi connectivity index (χ3n) is 3.48. The first-order valence-electron chi connectivity index (χ1n) is 6.20. The van der Waals surface area contributed by atoms with Gasteiger partial charge in [0.15, 0.2) is 5.60 Å². The van der Waals surface area contributed by atoms with Crippen molar-refractivity contribution >= 4 is 11.8 Å². The lowest BCUT2D eigenvalue weighted by atomic mass is 9.80. The molecule has 0 saturated carbocycles. The molecule has 1 aliphatic rings. The van der Waals surface area contributed by atoms with Gasteiger partial charge in [-0.3, -0.25) is 4.98 Å². The summed E-state index contributed by atoms with van der Waals surface area (Å²) in [5.74, 6) is -1.67. The van der Waals surface area contributed by atoms with Crippen LogP contribution in [0.25, 0.3) is 0 Å². The maximum atomic E-state index is 13.0. The number of alkyl halides is 3. The van der Waals surface area contributed by atoms with Crippen LogP contribution in [-0.4, -0.2) is 30.3 Å². The average Bonchev–Trinajstić information content (AvgIpc) is 2.37. The summed E-state index contributed by atoms with van der Waals surface area (Å²) in [7, 11) is 0. The number of carbonyl (C=O) groups is 1. The molecular weight excluding hydrogens is 289 g/mol. The summed E-state index contributed by atoms with van der Waals surface area (Å²) >= 11 is 0. The van der Waals surface area contributed by atoms with Crippen LogP contribution in [-0.2, 0) is 10.3 Å².